The molecule has 0 N–H and O–H groups in total. The Morgan fingerprint density at radius 2 is 1.76 bits per heavy atom. The highest BCUT2D eigenvalue weighted by molar-refractivity contribution is 7.85. The van der Waals surface area contributed by atoms with Crippen LogP contribution in [0.3, 0.4) is 0 Å². The minimum atomic E-state index is -1.67. The van der Waals surface area contributed by atoms with E-state index in [4.69, 9.17) is 5.26 Å². The molecule has 0 heterocycles. The van der Waals surface area contributed by atoms with Crippen LogP contribution in [0.25, 0.3) is 0 Å². The predicted octanol–water partition coefficient (Wildman–Crippen LogP) is 3.36. The number of nitrogens with zero attached hydrogens (tertiary/aromatic N) is 2. The Balaban J connectivity index is 2.46. The third-order valence-corrected chi connectivity index (χ3v) is 4.72. The van der Waals surface area contributed by atoms with Crippen molar-refractivity contribution in [2.75, 3.05) is 0 Å². The van der Waals surface area contributed by atoms with Gasteiger partial charge in [-0.1, -0.05) is 42.5 Å². The van der Waals surface area contributed by atoms with E-state index in [9.17, 15) is 14.3 Å². The van der Waals surface area contributed by atoms with E-state index in [0.717, 1.165) is 5.56 Å². The van der Waals surface area contributed by atoms with Gasteiger partial charge in [-0.3, -0.25) is 14.3 Å². The lowest BCUT2D eigenvalue weighted by Crippen LogP contribution is -2.08. The van der Waals surface area contributed by atoms with Crippen molar-refractivity contribution in [1.82, 2.24) is 0 Å². The van der Waals surface area contributed by atoms with Gasteiger partial charge in [0, 0.05) is 6.07 Å². The summed E-state index contributed by atoms with van der Waals surface area (Å²) in [4.78, 5) is 10.6. The Kier molecular flexibility index (Phi) is 4.80. The molecule has 0 aliphatic carbocycles. The summed E-state index contributed by atoms with van der Waals surface area (Å²) >= 11 is 0. The van der Waals surface area contributed by atoms with Gasteiger partial charge in [-0.25, -0.2) is 0 Å². The number of rotatable bonds is 5. The van der Waals surface area contributed by atoms with Gasteiger partial charge in [0.15, 0.2) is 0 Å². The minimum Gasteiger partial charge on any atom is -0.258 e. The van der Waals surface area contributed by atoms with E-state index in [1.807, 2.05) is 12.1 Å². The van der Waals surface area contributed by atoms with Gasteiger partial charge < -0.3 is 0 Å². The first-order chi connectivity index (χ1) is 10.1. The Morgan fingerprint density at radius 1 is 1.14 bits per heavy atom. The molecule has 0 saturated carbocycles. The lowest BCUT2D eigenvalue weighted by Gasteiger charge is -2.14. The maximum Gasteiger partial charge on any atom is 0.285 e. The van der Waals surface area contributed by atoms with Crippen molar-refractivity contribution in [2.45, 2.75) is 16.6 Å². The summed E-state index contributed by atoms with van der Waals surface area (Å²) in [7, 11) is -1.67. The van der Waals surface area contributed by atoms with Crippen LogP contribution in [0, 0.1) is 21.4 Å². The number of benzene rings is 2. The van der Waals surface area contributed by atoms with Gasteiger partial charge in [-0.15, -0.1) is 0 Å². The highest BCUT2D eigenvalue weighted by Gasteiger charge is 2.26. The molecular weight excluding hydrogens is 288 g/mol. The fraction of sp³-hybridized carbons (Fsp3) is 0.133. The third kappa shape index (κ3) is 3.33. The molecule has 2 rings (SSSR count). The van der Waals surface area contributed by atoms with Crippen molar-refractivity contribution in [1.29, 1.82) is 5.26 Å². The summed E-state index contributed by atoms with van der Waals surface area (Å²) in [6.07, 6.45) is 0.0304. The zero-order valence-electron chi connectivity index (χ0n) is 11.0. The predicted molar refractivity (Wildman–Crippen MR) is 78.9 cm³/mol. The lowest BCUT2D eigenvalue weighted by atomic mass is 10.1. The third-order valence-electron chi connectivity index (χ3n) is 2.99. The molecule has 0 aliphatic rings. The first-order valence-electron chi connectivity index (χ1n) is 6.21. The zero-order chi connectivity index (χ0) is 15.2. The molecule has 2 atom stereocenters. The molecule has 0 bridgehead atoms. The fourth-order valence-corrected chi connectivity index (χ4v) is 3.50. The molecule has 2 aromatic carbocycles. The molecule has 0 fully saturated rings. The highest BCUT2D eigenvalue weighted by Crippen LogP contribution is 2.32. The van der Waals surface area contributed by atoms with Gasteiger partial charge in [0.1, 0.15) is 4.90 Å². The second-order valence-corrected chi connectivity index (χ2v) is 5.89. The number of nitro groups is 1. The summed E-state index contributed by atoms with van der Waals surface area (Å²) in [6.45, 7) is 0. The second kappa shape index (κ2) is 6.77. The molecule has 106 valence electrons. The van der Waals surface area contributed by atoms with E-state index < -0.39 is 21.0 Å². The van der Waals surface area contributed by atoms with Crippen LogP contribution >= 0.6 is 0 Å². The molecule has 2 aromatic rings. The van der Waals surface area contributed by atoms with E-state index >= 15 is 0 Å². The molecule has 21 heavy (non-hydrogen) atoms. The van der Waals surface area contributed by atoms with E-state index in [0.29, 0.717) is 0 Å². The van der Waals surface area contributed by atoms with Crippen molar-refractivity contribution in [2.24, 2.45) is 0 Å². The van der Waals surface area contributed by atoms with Crippen LogP contribution in [-0.4, -0.2) is 9.13 Å². The summed E-state index contributed by atoms with van der Waals surface area (Å²) in [5.41, 5.74) is 0.547. The van der Waals surface area contributed by atoms with Gasteiger partial charge in [-0.2, -0.15) is 5.26 Å². The molecule has 0 spiro atoms. The number of hydrogen-bond donors (Lipinski definition) is 0. The first kappa shape index (κ1) is 14.9. The molecule has 0 aromatic heterocycles. The van der Waals surface area contributed by atoms with Crippen molar-refractivity contribution in [3.8, 4) is 6.07 Å². The van der Waals surface area contributed by atoms with E-state index in [2.05, 4.69) is 0 Å². The van der Waals surface area contributed by atoms with E-state index in [1.165, 1.54) is 18.2 Å². The Morgan fingerprint density at radius 3 is 2.38 bits per heavy atom. The van der Waals surface area contributed by atoms with Crippen LogP contribution in [0.4, 0.5) is 5.69 Å². The zero-order valence-corrected chi connectivity index (χ0v) is 11.8. The summed E-state index contributed by atoms with van der Waals surface area (Å²) in [5, 5.41) is 19.4. The van der Waals surface area contributed by atoms with Crippen LogP contribution in [-0.2, 0) is 10.8 Å². The van der Waals surface area contributed by atoms with Crippen LogP contribution in [0.5, 0.6) is 0 Å². The van der Waals surface area contributed by atoms with Crippen molar-refractivity contribution in [3.05, 3.63) is 70.3 Å². The maximum atomic E-state index is 12.7. The Hall–Kier alpha value is -2.52. The monoisotopic (exact) mass is 300 g/mol. The molecule has 0 radical (unpaired) electrons. The fourth-order valence-electron chi connectivity index (χ4n) is 2.00. The Bertz CT molecular complexity index is 710. The number of para-hydroxylation sites is 1. The summed E-state index contributed by atoms with van der Waals surface area (Å²) < 4.78 is 12.7. The first-order valence-corrected chi connectivity index (χ1v) is 7.42. The van der Waals surface area contributed by atoms with Crippen LogP contribution in [0.15, 0.2) is 59.5 Å². The van der Waals surface area contributed by atoms with Crippen LogP contribution < -0.4 is 0 Å². The largest absolute Gasteiger partial charge is 0.285 e. The quantitative estimate of drug-likeness (QED) is 0.626. The molecule has 0 aliphatic heterocycles. The summed E-state index contributed by atoms with van der Waals surface area (Å²) in [5.74, 6) is 0. The van der Waals surface area contributed by atoms with Gasteiger partial charge in [0.05, 0.1) is 33.5 Å². The standard InChI is InChI=1S/C15H12N2O3S/c16-11-10-14(12-6-2-1-3-7-12)21(20)15-9-5-4-8-13(15)17(18)19/h1-9,14H,10H2. The average molecular weight is 300 g/mol. The van der Waals surface area contributed by atoms with Crippen LogP contribution in [0.1, 0.15) is 17.2 Å². The molecule has 0 amide bonds. The van der Waals surface area contributed by atoms with Gasteiger partial charge in [-0.05, 0) is 11.6 Å². The SMILES string of the molecule is N#CCC(c1ccccc1)S(=O)c1ccccc1[N+](=O)[O-]. The average Bonchev–Trinajstić information content (AvgIpc) is 2.52. The topological polar surface area (TPSA) is 84.0 Å². The van der Waals surface area contributed by atoms with Gasteiger partial charge >= 0.3 is 0 Å². The second-order valence-electron chi connectivity index (χ2n) is 4.28. The number of nitro benzene ring substituents is 1. The lowest BCUT2D eigenvalue weighted by molar-refractivity contribution is -0.387. The van der Waals surface area contributed by atoms with E-state index in [-0.39, 0.29) is 17.0 Å². The molecule has 0 saturated heterocycles. The number of nitriles is 1. The minimum absolute atomic E-state index is 0.0304. The van der Waals surface area contributed by atoms with Crippen molar-refractivity contribution >= 4 is 16.5 Å². The molecule has 2 unspecified atom stereocenters. The maximum absolute atomic E-state index is 12.7. The molecular formula is C15H12N2O3S. The van der Waals surface area contributed by atoms with Crippen LogP contribution in [0.2, 0.25) is 0 Å². The van der Waals surface area contributed by atoms with E-state index in [1.54, 1.807) is 30.3 Å². The summed E-state index contributed by atoms with van der Waals surface area (Å²) in [6, 6.07) is 16.9. The smallest absolute Gasteiger partial charge is 0.258 e. The highest BCUT2D eigenvalue weighted by atomic mass is 32.2. The molecule has 5 nitrogen and oxygen atoms in total. The normalized spacial score (nSPS) is 13.1. The number of hydrogen-bond acceptors (Lipinski definition) is 4. The van der Waals surface area contributed by atoms with Crippen molar-refractivity contribution in [3.63, 3.8) is 0 Å². The Labute approximate surface area is 124 Å². The van der Waals surface area contributed by atoms with Gasteiger partial charge in [0.25, 0.3) is 5.69 Å². The van der Waals surface area contributed by atoms with Gasteiger partial charge in [0.2, 0.25) is 0 Å². The van der Waals surface area contributed by atoms with Crippen molar-refractivity contribution < 1.29 is 9.13 Å². The molecule has 6 heteroatoms.